The lowest BCUT2D eigenvalue weighted by molar-refractivity contribution is 0.463. The smallest absolute Gasteiger partial charge is 0.119 e. The highest BCUT2D eigenvalue weighted by Crippen LogP contribution is 2.34. The first-order valence-corrected chi connectivity index (χ1v) is 6.21. The van der Waals surface area contributed by atoms with Gasteiger partial charge < -0.3 is 10.2 Å². The van der Waals surface area contributed by atoms with Gasteiger partial charge in [-0.3, -0.25) is 0 Å². The first-order chi connectivity index (χ1) is 8.63. The Morgan fingerprint density at radius 3 is 2.33 bits per heavy atom. The molecule has 0 aliphatic rings. The SMILES string of the molecule is CCC(c1ccc(O)c(C)c1)c1ccccc1O. The highest BCUT2D eigenvalue weighted by atomic mass is 16.3. The van der Waals surface area contributed by atoms with Crippen molar-refractivity contribution in [1.82, 2.24) is 0 Å². The van der Waals surface area contributed by atoms with Gasteiger partial charge in [0.05, 0.1) is 0 Å². The summed E-state index contributed by atoms with van der Waals surface area (Å²) < 4.78 is 0. The van der Waals surface area contributed by atoms with Crippen LogP contribution in [-0.2, 0) is 0 Å². The number of phenolic OH excluding ortho intramolecular Hbond substituents is 2. The van der Waals surface area contributed by atoms with Gasteiger partial charge in [-0.05, 0) is 36.6 Å². The fourth-order valence-corrected chi connectivity index (χ4v) is 2.31. The molecule has 0 bridgehead atoms. The number of aryl methyl sites for hydroxylation is 1. The van der Waals surface area contributed by atoms with Crippen LogP contribution in [0.25, 0.3) is 0 Å². The van der Waals surface area contributed by atoms with Crippen molar-refractivity contribution in [2.75, 3.05) is 0 Å². The molecule has 0 fully saturated rings. The van der Waals surface area contributed by atoms with E-state index < -0.39 is 0 Å². The molecule has 18 heavy (non-hydrogen) atoms. The Bertz CT molecular complexity index is 547. The van der Waals surface area contributed by atoms with Crippen molar-refractivity contribution in [1.29, 1.82) is 0 Å². The van der Waals surface area contributed by atoms with Gasteiger partial charge in [0.2, 0.25) is 0 Å². The van der Waals surface area contributed by atoms with Crippen LogP contribution in [0.1, 0.15) is 36.0 Å². The lowest BCUT2D eigenvalue weighted by Crippen LogP contribution is -2.00. The second kappa shape index (κ2) is 5.13. The Morgan fingerprint density at radius 2 is 1.72 bits per heavy atom. The highest BCUT2D eigenvalue weighted by molar-refractivity contribution is 5.44. The van der Waals surface area contributed by atoms with E-state index in [4.69, 9.17) is 0 Å². The minimum absolute atomic E-state index is 0.158. The zero-order valence-electron chi connectivity index (χ0n) is 10.7. The fourth-order valence-electron chi connectivity index (χ4n) is 2.31. The van der Waals surface area contributed by atoms with Crippen LogP contribution in [0.5, 0.6) is 11.5 Å². The molecular formula is C16H18O2. The fraction of sp³-hybridized carbons (Fsp3) is 0.250. The van der Waals surface area contributed by atoms with Gasteiger partial charge in [-0.15, -0.1) is 0 Å². The van der Waals surface area contributed by atoms with Crippen molar-refractivity contribution in [3.8, 4) is 11.5 Å². The number of para-hydroxylation sites is 1. The zero-order chi connectivity index (χ0) is 13.1. The minimum atomic E-state index is 0.158. The number of benzene rings is 2. The molecule has 0 saturated heterocycles. The maximum Gasteiger partial charge on any atom is 0.119 e. The highest BCUT2D eigenvalue weighted by Gasteiger charge is 2.16. The molecule has 0 radical (unpaired) electrons. The molecule has 2 rings (SSSR count). The Hall–Kier alpha value is -1.96. The molecule has 0 aromatic heterocycles. The van der Waals surface area contributed by atoms with Gasteiger partial charge >= 0.3 is 0 Å². The number of hydrogen-bond donors (Lipinski definition) is 2. The van der Waals surface area contributed by atoms with Crippen LogP contribution in [0.4, 0.5) is 0 Å². The normalized spacial score (nSPS) is 12.3. The van der Waals surface area contributed by atoms with Crippen molar-refractivity contribution in [3.05, 3.63) is 59.2 Å². The maximum absolute atomic E-state index is 9.95. The van der Waals surface area contributed by atoms with Crippen molar-refractivity contribution in [3.63, 3.8) is 0 Å². The third-order valence-corrected chi connectivity index (χ3v) is 3.34. The molecule has 0 saturated carbocycles. The van der Waals surface area contributed by atoms with Crippen molar-refractivity contribution < 1.29 is 10.2 Å². The molecule has 0 heterocycles. The molecule has 1 atom stereocenters. The molecule has 2 aromatic carbocycles. The maximum atomic E-state index is 9.95. The van der Waals surface area contributed by atoms with E-state index in [9.17, 15) is 10.2 Å². The molecule has 2 N–H and O–H groups in total. The Balaban J connectivity index is 2.45. The third kappa shape index (κ3) is 2.33. The predicted molar refractivity (Wildman–Crippen MR) is 73.1 cm³/mol. The molecule has 2 heteroatoms. The van der Waals surface area contributed by atoms with Gasteiger partial charge in [-0.1, -0.05) is 37.3 Å². The summed E-state index contributed by atoms with van der Waals surface area (Å²) in [6.07, 6.45) is 0.905. The number of rotatable bonds is 3. The van der Waals surface area contributed by atoms with E-state index in [0.29, 0.717) is 11.5 Å². The monoisotopic (exact) mass is 242 g/mol. The molecule has 2 nitrogen and oxygen atoms in total. The summed E-state index contributed by atoms with van der Waals surface area (Å²) in [6, 6.07) is 13.0. The molecule has 2 aromatic rings. The van der Waals surface area contributed by atoms with E-state index in [1.54, 1.807) is 12.1 Å². The van der Waals surface area contributed by atoms with Gasteiger partial charge in [0.1, 0.15) is 11.5 Å². The van der Waals surface area contributed by atoms with E-state index in [0.717, 1.165) is 23.1 Å². The van der Waals surface area contributed by atoms with Crippen LogP contribution in [0.2, 0.25) is 0 Å². The van der Waals surface area contributed by atoms with Crippen molar-refractivity contribution in [2.24, 2.45) is 0 Å². The quantitative estimate of drug-likeness (QED) is 0.855. The topological polar surface area (TPSA) is 40.5 Å². The van der Waals surface area contributed by atoms with E-state index in [2.05, 4.69) is 6.92 Å². The molecule has 0 aliphatic carbocycles. The Kier molecular flexibility index (Phi) is 3.56. The van der Waals surface area contributed by atoms with E-state index >= 15 is 0 Å². The van der Waals surface area contributed by atoms with Gasteiger partial charge in [0, 0.05) is 11.5 Å². The Labute approximate surface area is 108 Å². The largest absolute Gasteiger partial charge is 0.508 e. The summed E-state index contributed by atoms with van der Waals surface area (Å²) in [5, 5.41) is 19.5. The average Bonchev–Trinajstić information content (AvgIpc) is 2.37. The van der Waals surface area contributed by atoms with E-state index in [-0.39, 0.29) is 5.92 Å². The predicted octanol–water partition coefficient (Wildman–Crippen LogP) is 3.95. The van der Waals surface area contributed by atoms with Crippen molar-refractivity contribution >= 4 is 0 Å². The molecule has 0 amide bonds. The summed E-state index contributed by atoms with van der Waals surface area (Å²) in [5.41, 5.74) is 2.92. The standard InChI is InChI=1S/C16H18O2/c1-3-13(14-6-4-5-7-16(14)18)12-8-9-15(17)11(2)10-12/h4-10,13,17-18H,3H2,1-2H3. The van der Waals surface area contributed by atoms with E-state index in [1.807, 2.05) is 37.3 Å². The van der Waals surface area contributed by atoms with Crippen molar-refractivity contribution in [2.45, 2.75) is 26.2 Å². The molecule has 0 spiro atoms. The second-order valence-corrected chi connectivity index (χ2v) is 4.57. The van der Waals surface area contributed by atoms with Gasteiger partial charge in [-0.2, -0.15) is 0 Å². The average molecular weight is 242 g/mol. The first-order valence-electron chi connectivity index (χ1n) is 6.21. The molecule has 0 aliphatic heterocycles. The zero-order valence-corrected chi connectivity index (χ0v) is 10.7. The van der Waals surface area contributed by atoms with Crippen LogP contribution < -0.4 is 0 Å². The first kappa shape index (κ1) is 12.5. The summed E-state index contributed by atoms with van der Waals surface area (Å²) in [7, 11) is 0. The lowest BCUT2D eigenvalue weighted by Gasteiger charge is -2.18. The van der Waals surface area contributed by atoms with Crippen LogP contribution in [0.3, 0.4) is 0 Å². The number of aromatic hydroxyl groups is 2. The second-order valence-electron chi connectivity index (χ2n) is 4.57. The lowest BCUT2D eigenvalue weighted by atomic mass is 9.88. The third-order valence-electron chi connectivity index (χ3n) is 3.34. The number of hydrogen-bond acceptors (Lipinski definition) is 2. The van der Waals surface area contributed by atoms with Crippen LogP contribution in [-0.4, -0.2) is 10.2 Å². The summed E-state index contributed by atoms with van der Waals surface area (Å²) in [5.74, 6) is 0.798. The summed E-state index contributed by atoms with van der Waals surface area (Å²) >= 11 is 0. The molecule has 1 unspecified atom stereocenters. The molecule has 94 valence electrons. The summed E-state index contributed by atoms with van der Waals surface area (Å²) in [6.45, 7) is 3.98. The molecular weight excluding hydrogens is 224 g/mol. The van der Waals surface area contributed by atoms with Crippen LogP contribution in [0.15, 0.2) is 42.5 Å². The summed E-state index contributed by atoms with van der Waals surface area (Å²) in [4.78, 5) is 0. The van der Waals surface area contributed by atoms with Crippen LogP contribution >= 0.6 is 0 Å². The van der Waals surface area contributed by atoms with Gasteiger partial charge in [0.25, 0.3) is 0 Å². The van der Waals surface area contributed by atoms with Crippen LogP contribution in [0, 0.1) is 6.92 Å². The minimum Gasteiger partial charge on any atom is -0.508 e. The number of phenols is 2. The van der Waals surface area contributed by atoms with Gasteiger partial charge in [-0.25, -0.2) is 0 Å². The van der Waals surface area contributed by atoms with Gasteiger partial charge in [0.15, 0.2) is 0 Å². The Morgan fingerprint density at radius 1 is 1.00 bits per heavy atom. The van der Waals surface area contributed by atoms with E-state index in [1.165, 1.54) is 0 Å².